The van der Waals surface area contributed by atoms with Crippen molar-refractivity contribution in [3.05, 3.63) is 0 Å². The summed E-state index contributed by atoms with van der Waals surface area (Å²) < 4.78 is 0. The molecule has 0 aromatic rings. The first-order valence-electron chi connectivity index (χ1n) is 5.99. The van der Waals surface area contributed by atoms with Gasteiger partial charge in [0.15, 0.2) is 0 Å². The average molecular weight is 212 g/mol. The van der Waals surface area contributed by atoms with Gasteiger partial charge < -0.3 is 10.6 Å². The SMILES string of the molecule is CC(C)(C)NC(=O)CCNCCC1CC1. The van der Waals surface area contributed by atoms with E-state index >= 15 is 0 Å². The third-order valence-electron chi connectivity index (χ3n) is 2.47. The van der Waals surface area contributed by atoms with E-state index in [-0.39, 0.29) is 11.4 Å². The Morgan fingerprint density at radius 2 is 1.93 bits per heavy atom. The molecule has 2 N–H and O–H groups in total. The van der Waals surface area contributed by atoms with Crippen LogP contribution >= 0.6 is 0 Å². The van der Waals surface area contributed by atoms with E-state index in [1.807, 2.05) is 20.8 Å². The van der Waals surface area contributed by atoms with E-state index < -0.39 is 0 Å². The minimum atomic E-state index is -0.106. The molecule has 3 heteroatoms. The smallest absolute Gasteiger partial charge is 0.221 e. The van der Waals surface area contributed by atoms with Crippen LogP contribution in [0.2, 0.25) is 0 Å². The zero-order valence-electron chi connectivity index (χ0n) is 10.2. The zero-order valence-corrected chi connectivity index (χ0v) is 10.2. The van der Waals surface area contributed by atoms with E-state index in [0.29, 0.717) is 6.42 Å². The van der Waals surface area contributed by atoms with Crippen LogP contribution in [0.25, 0.3) is 0 Å². The predicted octanol–water partition coefficient (Wildman–Crippen LogP) is 1.68. The molecule has 0 radical (unpaired) electrons. The summed E-state index contributed by atoms with van der Waals surface area (Å²) in [5, 5.41) is 6.26. The van der Waals surface area contributed by atoms with Gasteiger partial charge in [-0.25, -0.2) is 0 Å². The van der Waals surface area contributed by atoms with Crippen molar-refractivity contribution in [1.29, 1.82) is 0 Å². The second kappa shape index (κ2) is 5.50. The van der Waals surface area contributed by atoms with E-state index in [2.05, 4.69) is 10.6 Å². The molecular weight excluding hydrogens is 188 g/mol. The van der Waals surface area contributed by atoms with E-state index in [4.69, 9.17) is 0 Å². The zero-order chi connectivity index (χ0) is 11.3. The maximum atomic E-state index is 11.4. The maximum absolute atomic E-state index is 11.4. The standard InChI is InChI=1S/C12H24N2O/c1-12(2,3)14-11(15)7-9-13-8-6-10-4-5-10/h10,13H,4-9H2,1-3H3,(H,14,15). The maximum Gasteiger partial charge on any atom is 0.221 e. The first kappa shape index (κ1) is 12.5. The summed E-state index contributed by atoms with van der Waals surface area (Å²) >= 11 is 0. The number of hydrogen-bond acceptors (Lipinski definition) is 2. The van der Waals surface area contributed by atoms with Crippen molar-refractivity contribution in [3.63, 3.8) is 0 Å². The number of nitrogens with one attached hydrogen (secondary N) is 2. The van der Waals surface area contributed by atoms with Crippen LogP contribution in [-0.2, 0) is 4.79 Å². The van der Waals surface area contributed by atoms with Crippen molar-refractivity contribution in [2.75, 3.05) is 13.1 Å². The van der Waals surface area contributed by atoms with Gasteiger partial charge in [-0.3, -0.25) is 4.79 Å². The van der Waals surface area contributed by atoms with Crippen LogP contribution < -0.4 is 10.6 Å². The second-order valence-electron chi connectivity index (χ2n) is 5.53. The Morgan fingerprint density at radius 3 is 2.47 bits per heavy atom. The molecule has 0 heterocycles. The Bertz CT molecular complexity index is 204. The topological polar surface area (TPSA) is 41.1 Å². The van der Waals surface area contributed by atoms with E-state index in [0.717, 1.165) is 19.0 Å². The lowest BCUT2D eigenvalue weighted by atomic mass is 10.1. The molecule has 1 aliphatic carbocycles. The largest absolute Gasteiger partial charge is 0.351 e. The highest BCUT2D eigenvalue weighted by molar-refractivity contribution is 5.76. The van der Waals surface area contributed by atoms with Gasteiger partial charge in [0.05, 0.1) is 0 Å². The fourth-order valence-corrected chi connectivity index (χ4v) is 1.52. The molecule has 1 fully saturated rings. The Labute approximate surface area is 93.0 Å². The molecule has 0 aromatic carbocycles. The number of amides is 1. The highest BCUT2D eigenvalue weighted by Crippen LogP contribution is 2.31. The Morgan fingerprint density at radius 1 is 1.27 bits per heavy atom. The number of rotatable bonds is 6. The fourth-order valence-electron chi connectivity index (χ4n) is 1.52. The minimum absolute atomic E-state index is 0.106. The molecule has 3 nitrogen and oxygen atoms in total. The number of carbonyl (C=O) groups excluding carboxylic acids is 1. The van der Waals surface area contributed by atoms with Gasteiger partial charge in [-0.2, -0.15) is 0 Å². The normalized spacial score (nSPS) is 16.5. The summed E-state index contributed by atoms with van der Waals surface area (Å²) in [5.74, 6) is 1.11. The summed E-state index contributed by atoms with van der Waals surface area (Å²) in [6.07, 6.45) is 4.68. The molecule has 88 valence electrons. The number of carbonyl (C=O) groups is 1. The fraction of sp³-hybridized carbons (Fsp3) is 0.917. The summed E-state index contributed by atoms with van der Waals surface area (Å²) in [4.78, 5) is 11.4. The van der Waals surface area contributed by atoms with Crippen LogP contribution in [0.4, 0.5) is 0 Å². The highest BCUT2D eigenvalue weighted by Gasteiger charge is 2.20. The van der Waals surface area contributed by atoms with Crippen molar-refractivity contribution in [3.8, 4) is 0 Å². The summed E-state index contributed by atoms with van der Waals surface area (Å²) in [6.45, 7) is 7.88. The molecule has 0 spiro atoms. The van der Waals surface area contributed by atoms with Crippen molar-refractivity contribution < 1.29 is 4.79 Å². The first-order chi connectivity index (χ1) is 6.97. The summed E-state index contributed by atoms with van der Waals surface area (Å²) in [5.41, 5.74) is -0.106. The van der Waals surface area contributed by atoms with Crippen LogP contribution in [0.5, 0.6) is 0 Å². The third kappa shape index (κ3) is 7.37. The third-order valence-corrected chi connectivity index (χ3v) is 2.47. The molecular formula is C12H24N2O. The minimum Gasteiger partial charge on any atom is -0.351 e. The van der Waals surface area contributed by atoms with Crippen molar-refractivity contribution in [2.45, 2.75) is 52.0 Å². The molecule has 0 atom stereocenters. The highest BCUT2D eigenvalue weighted by atomic mass is 16.1. The van der Waals surface area contributed by atoms with Gasteiger partial charge in [0.1, 0.15) is 0 Å². The van der Waals surface area contributed by atoms with Gasteiger partial charge in [-0.05, 0) is 39.7 Å². The van der Waals surface area contributed by atoms with Crippen LogP contribution in [-0.4, -0.2) is 24.5 Å². The van der Waals surface area contributed by atoms with Gasteiger partial charge in [-0.1, -0.05) is 12.8 Å². The Hall–Kier alpha value is -0.570. The lowest BCUT2D eigenvalue weighted by Gasteiger charge is -2.20. The second-order valence-corrected chi connectivity index (χ2v) is 5.53. The molecule has 0 bridgehead atoms. The van der Waals surface area contributed by atoms with Crippen LogP contribution in [0.15, 0.2) is 0 Å². The first-order valence-corrected chi connectivity index (χ1v) is 5.99. The molecule has 1 rings (SSSR count). The van der Waals surface area contributed by atoms with E-state index in [1.54, 1.807) is 0 Å². The van der Waals surface area contributed by atoms with Gasteiger partial charge in [0.2, 0.25) is 5.91 Å². The number of hydrogen-bond donors (Lipinski definition) is 2. The van der Waals surface area contributed by atoms with Gasteiger partial charge in [-0.15, -0.1) is 0 Å². The molecule has 0 aromatic heterocycles. The Balaban J connectivity index is 1.91. The monoisotopic (exact) mass is 212 g/mol. The lowest BCUT2D eigenvalue weighted by Crippen LogP contribution is -2.41. The molecule has 0 saturated heterocycles. The average Bonchev–Trinajstić information content (AvgIpc) is 2.83. The van der Waals surface area contributed by atoms with Crippen LogP contribution in [0.1, 0.15) is 46.5 Å². The molecule has 15 heavy (non-hydrogen) atoms. The predicted molar refractivity (Wildman–Crippen MR) is 62.7 cm³/mol. The van der Waals surface area contributed by atoms with Crippen LogP contribution in [0.3, 0.4) is 0 Å². The molecule has 1 amide bonds. The van der Waals surface area contributed by atoms with E-state index in [9.17, 15) is 4.79 Å². The molecule has 0 aliphatic heterocycles. The van der Waals surface area contributed by atoms with Crippen LogP contribution in [0, 0.1) is 5.92 Å². The Kier molecular flexibility index (Phi) is 4.58. The summed E-state index contributed by atoms with van der Waals surface area (Å²) in [6, 6.07) is 0. The van der Waals surface area contributed by atoms with Gasteiger partial charge in [0.25, 0.3) is 0 Å². The van der Waals surface area contributed by atoms with Crippen molar-refractivity contribution in [2.24, 2.45) is 5.92 Å². The van der Waals surface area contributed by atoms with Crippen molar-refractivity contribution >= 4 is 5.91 Å². The summed E-state index contributed by atoms with van der Waals surface area (Å²) in [7, 11) is 0. The lowest BCUT2D eigenvalue weighted by molar-refractivity contribution is -0.122. The quantitative estimate of drug-likeness (QED) is 0.658. The molecule has 1 saturated carbocycles. The van der Waals surface area contributed by atoms with E-state index in [1.165, 1.54) is 19.3 Å². The molecule has 1 aliphatic rings. The molecule has 0 unspecified atom stereocenters. The van der Waals surface area contributed by atoms with Gasteiger partial charge >= 0.3 is 0 Å². The van der Waals surface area contributed by atoms with Crippen molar-refractivity contribution in [1.82, 2.24) is 10.6 Å². The van der Waals surface area contributed by atoms with Gasteiger partial charge in [0, 0.05) is 18.5 Å².